The first kappa shape index (κ1) is 18.6. The molecule has 7 heteroatoms. The second kappa shape index (κ2) is 6.83. The Labute approximate surface area is 168 Å². The summed E-state index contributed by atoms with van der Waals surface area (Å²) in [4.78, 5) is 26.4. The Morgan fingerprint density at radius 1 is 1.28 bits per heavy atom. The molecule has 2 N–H and O–H groups in total. The lowest BCUT2D eigenvalue weighted by molar-refractivity contribution is 0.0695. The highest BCUT2D eigenvalue weighted by Gasteiger charge is 2.41. The minimum absolute atomic E-state index is 0.156. The third-order valence-corrected chi connectivity index (χ3v) is 6.82. The molecule has 0 amide bonds. The molecule has 2 aromatic rings. The molecule has 0 radical (unpaired) electrons. The number of carboxylic acids is 1. The van der Waals surface area contributed by atoms with Crippen LogP contribution in [0.25, 0.3) is 10.9 Å². The van der Waals surface area contributed by atoms with Crippen molar-refractivity contribution in [1.82, 2.24) is 9.88 Å². The molecule has 2 saturated carbocycles. The van der Waals surface area contributed by atoms with Crippen molar-refractivity contribution < 1.29 is 14.3 Å². The number of nitrogens with zero attached hydrogens (tertiary/aromatic N) is 2. The summed E-state index contributed by atoms with van der Waals surface area (Å²) in [5.41, 5.74) is 0.272. The first-order chi connectivity index (χ1) is 14.0. The molecular weight excluding hydrogens is 373 g/mol. The highest BCUT2D eigenvalue weighted by Crippen LogP contribution is 2.41. The lowest BCUT2D eigenvalue weighted by Gasteiger charge is -2.51. The van der Waals surface area contributed by atoms with E-state index in [0.29, 0.717) is 23.2 Å². The number of halogens is 1. The number of benzene rings is 1. The van der Waals surface area contributed by atoms with Crippen LogP contribution in [0, 0.1) is 11.7 Å². The summed E-state index contributed by atoms with van der Waals surface area (Å²) in [6.45, 7) is 3.81. The molecule has 3 heterocycles. The Bertz CT molecular complexity index is 1050. The Morgan fingerprint density at radius 2 is 2.07 bits per heavy atom. The van der Waals surface area contributed by atoms with Gasteiger partial charge in [0.15, 0.2) is 0 Å². The highest BCUT2D eigenvalue weighted by atomic mass is 19.1. The predicted molar refractivity (Wildman–Crippen MR) is 109 cm³/mol. The zero-order valence-electron chi connectivity index (χ0n) is 16.5. The number of aromatic carboxylic acids is 1. The summed E-state index contributed by atoms with van der Waals surface area (Å²) < 4.78 is 17.1. The fraction of sp³-hybridized carbons (Fsp3) is 0.545. The van der Waals surface area contributed by atoms with Gasteiger partial charge in [0, 0.05) is 36.3 Å². The number of fused-ring (bicyclic) bond motifs is 4. The number of piperidine rings is 2. The maximum absolute atomic E-state index is 15.2. The van der Waals surface area contributed by atoms with Gasteiger partial charge in [0.2, 0.25) is 5.43 Å². The molecule has 1 aromatic carbocycles. The Kier molecular flexibility index (Phi) is 4.38. The van der Waals surface area contributed by atoms with E-state index in [9.17, 15) is 14.7 Å². The minimum Gasteiger partial charge on any atom is -0.477 e. The summed E-state index contributed by atoms with van der Waals surface area (Å²) in [5, 5.41) is 13.1. The Morgan fingerprint density at radius 3 is 2.72 bits per heavy atom. The second-order valence-corrected chi connectivity index (χ2v) is 8.70. The van der Waals surface area contributed by atoms with Gasteiger partial charge in [0.1, 0.15) is 11.4 Å². The number of nitrogens with one attached hydrogen (secondary N) is 1. The molecule has 3 atom stereocenters. The molecule has 2 saturated heterocycles. The molecule has 154 valence electrons. The van der Waals surface area contributed by atoms with Crippen molar-refractivity contribution in [2.45, 2.75) is 57.2 Å². The molecule has 29 heavy (non-hydrogen) atoms. The number of anilines is 1. The van der Waals surface area contributed by atoms with Gasteiger partial charge in [-0.15, -0.1) is 0 Å². The van der Waals surface area contributed by atoms with Crippen molar-refractivity contribution in [3.05, 3.63) is 39.9 Å². The van der Waals surface area contributed by atoms with Gasteiger partial charge < -0.3 is 19.9 Å². The van der Waals surface area contributed by atoms with Crippen molar-refractivity contribution >= 4 is 22.6 Å². The maximum Gasteiger partial charge on any atom is 0.341 e. The lowest BCUT2D eigenvalue weighted by atomic mass is 9.76. The van der Waals surface area contributed by atoms with Crippen LogP contribution in [0.2, 0.25) is 0 Å². The average Bonchev–Trinajstić information content (AvgIpc) is 3.54. The third-order valence-electron chi connectivity index (χ3n) is 6.82. The van der Waals surface area contributed by atoms with Crippen LogP contribution in [0.5, 0.6) is 0 Å². The van der Waals surface area contributed by atoms with Crippen LogP contribution >= 0.6 is 0 Å². The quantitative estimate of drug-likeness (QED) is 0.808. The first-order valence-electron chi connectivity index (χ1n) is 10.6. The molecule has 4 aliphatic rings. The number of carbonyl (C=O) groups is 1. The number of pyridine rings is 1. The minimum atomic E-state index is -1.27. The molecule has 2 aliphatic heterocycles. The van der Waals surface area contributed by atoms with Crippen LogP contribution in [0.4, 0.5) is 10.1 Å². The van der Waals surface area contributed by atoms with Gasteiger partial charge in [-0.25, -0.2) is 9.18 Å². The van der Waals surface area contributed by atoms with E-state index in [1.54, 1.807) is 6.07 Å². The largest absolute Gasteiger partial charge is 0.477 e. The third kappa shape index (κ3) is 3.03. The molecule has 6 rings (SSSR count). The van der Waals surface area contributed by atoms with Crippen LogP contribution in [-0.4, -0.2) is 40.8 Å². The second-order valence-electron chi connectivity index (χ2n) is 8.70. The van der Waals surface area contributed by atoms with E-state index < -0.39 is 17.2 Å². The lowest BCUT2D eigenvalue weighted by Crippen LogP contribution is -2.60. The van der Waals surface area contributed by atoms with Gasteiger partial charge in [-0.05, 0) is 56.7 Å². The van der Waals surface area contributed by atoms with Crippen LogP contribution in [0.15, 0.2) is 23.1 Å². The van der Waals surface area contributed by atoms with E-state index in [1.807, 2.05) is 4.57 Å². The molecule has 2 aliphatic carbocycles. The maximum atomic E-state index is 15.2. The van der Waals surface area contributed by atoms with Gasteiger partial charge in [0.25, 0.3) is 0 Å². The molecule has 6 nitrogen and oxygen atoms in total. The number of likely N-dealkylation sites (N-methyl/N-ethyl adjacent to an activating group) is 1. The Balaban J connectivity index is 1.65. The van der Waals surface area contributed by atoms with Crippen LogP contribution in [0.1, 0.15) is 55.4 Å². The molecule has 1 aromatic heterocycles. The fourth-order valence-electron chi connectivity index (χ4n) is 5.34. The number of hydrogen-bond acceptors (Lipinski definition) is 4. The summed E-state index contributed by atoms with van der Waals surface area (Å²) in [6.07, 6.45) is 6.66. The van der Waals surface area contributed by atoms with Crippen molar-refractivity contribution in [3.63, 3.8) is 0 Å². The van der Waals surface area contributed by atoms with E-state index in [2.05, 4.69) is 17.1 Å². The predicted octanol–water partition coefficient (Wildman–Crippen LogP) is 3.14. The van der Waals surface area contributed by atoms with Crippen molar-refractivity contribution in [2.24, 2.45) is 5.92 Å². The van der Waals surface area contributed by atoms with E-state index >= 15 is 4.39 Å². The van der Waals surface area contributed by atoms with E-state index in [-0.39, 0.29) is 23.0 Å². The van der Waals surface area contributed by atoms with Gasteiger partial charge in [-0.2, -0.15) is 0 Å². The summed E-state index contributed by atoms with van der Waals surface area (Å²) in [7, 11) is 0. The number of aromatic nitrogens is 1. The molecule has 0 spiro atoms. The normalized spacial score (nSPS) is 26.3. The van der Waals surface area contributed by atoms with Gasteiger partial charge in [0.05, 0.1) is 11.2 Å². The monoisotopic (exact) mass is 399 g/mol. The molecular formula is C22H26FN3O3. The Hall–Kier alpha value is -2.41. The van der Waals surface area contributed by atoms with E-state index in [0.717, 1.165) is 38.8 Å². The van der Waals surface area contributed by atoms with E-state index in [1.165, 1.54) is 18.7 Å². The van der Waals surface area contributed by atoms with Gasteiger partial charge >= 0.3 is 5.97 Å². The fourth-order valence-corrected chi connectivity index (χ4v) is 5.34. The van der Waals surface area contributed by atoms with Crippen molar-refractivity contribution in [1.29, 1.82) is 0 Å². The SMILES string of the molecule is CCNC1CC2CCC1N(c1cc3c(cc1F)c(=O)c(C(=O)O)cn3C1CC1)C2. The zero-order valence-corrected chi connectivity index (χ0v) is 16.5. The molecule has 4 fully saturated rings. The van der Waals surface area contributed by atoms with Gasteiger partial charge in [-0.1, -0.05) is 6.92 Å². The topological polar surface area (TPSA) is 74.6 Å². The smallest absolute Gasteiger partial charge is 0.341 e. The number of rotatable bonds is 5. The van der Waals surface area contributed by atoms with Crippen molar-refractivity contribution in [2.75, 3.05) is 18.0 Å². The molecule has 3 unspecified atom stereocenters. The standard InChI is InChI=1S/C22H26FN3O3/c1-2-24-17-7-12-3-6-18(17)26(10-12)20-9-19-14(8-16(20)23)21(27)15(22(28)29)11-25(19)13-4-5-13/h8-9,11-13,17-18,24H,2-7,10H2,1H3,(H,28,29). The van der Waals surface area contributed by atoms with Crippen LogP contribution < -0.4 is 15.6 Å². The van der Waals surface area contributed by atoms with Crippen LogP contribution in [0.3, 0.4) is 0 Å². The summed E-state index contributed by atoms with van der Waals surface area (Å²) >= 11 is 0. The van der Waals surface area contributed by atoms with E-state index in [4.69, 9.17) is 0 Å². The first-order valence-corrected chi connectivity index (χ1v) is 10.6. The zero-order chi connectivity index (χ0) is 20.3. The van der Waals surface area contributed by atoms with Crippen molar-refractivity contribution in [3.8, 4) is 0 Å². The van der Waals surface area contributed by atoms with Crippen LogP contribution in [-0.2, 0) is 0 Å². The summed E-state index contributed by atoms with van der Waals surface area (Å²) in [5.74, 6) is -1.17. The highest BCUT2D eigenvalue weighted by molar-refractivity contribution is 5.93. The average molecular weight is 399 g/mol. The summed E-state index contributed by atoms with van der Waals surface area (Å²) in [6, 6.07) is 3.80. The number of hydrogen-bond donors (Lipinski definition) is 2. The molecule has 2 bridgehead atoms. The van der Waals surface area contributed by atoms with Gasteiger partial charge in [-0.3, -0.25) is 4.79 Å². The number of carboxylic acid groups (broad SMARTS) is 1.